The van der Waals surface area contributed by atoms with Gasteiger partial charge in [0.15, 0.2) is 0 Å². The van der Waals surface area contributed by atoms with E-state index in [-0.39, 0.29) is 17.1 Å². The first-order valence-electron chi connectivity index (χ1n) is 38.3. The van der Waals surface area contributed by atoms with Crippen molar-refractivity contribution in [1.82, 2.24) is 0 Å². The molecule has 0 atom stereocenters. The normalized spacial score (nSPS) is 12.2. The molecule has 0 heterocycles. The van der Waals surface area contributed by atoms with Gasteiger partial charge in [-0.15, -0.1) is 0 Å². The van der Waals surface area contributed by atoms with Crippen molar-refractivity contribution in [3.8, 4) is 0 Å². The van der Waals surface area contributed by atoms with E-state index in [2.05, 4.69) is 208 Å². The number of rotatable bonds is 60. The van der Waals surface area contributed by atoms with E-state index in [1.807, 2.05) is 0 Å². The van der Waals surface area contributed by atoms with Crippen molar-refractivity contribution in [1.29, 1.82) is 0 Å². The predicted molar refractivity (Wildman–Crippen MR) is 423 cm³/mol. The summed E-state index contributed by atoms with van der Waals surface area (Å²) in [5, 5.41) is 0. The van der Waals surface area contributed by atoms with Gasteiger partial charge in [0.25, 0.3) is 0 Å². The van der Waals surface area contributed by atoms with E-state index in [4.69, 9.17) is 67.9 Å². The summed E-state index contributed by atoms with van der Waals surface area (Å²) in [6.07, 6.45) is 16.0. The maximum absolute atomic E-state index is 5.77. The van der Waals surface area contributed by atoms with Gasteiger partial charge in [0.05, 0.1) is 99.1 Å². The van der Waals surface area contributed by atoms with E-state index in [9.17, 15) is 0 Å². The SMILES string of the molecule is CC(C)CCO[PH+](OCCC(C)C)OCCC(C)C.CC(C)CCO[PH+](OCCC(C)C)OCCC(C)C.CC(C)CCO[PH+](OCCC(C)C)OCCC(C)C.CC(C)CCO[PH+](OCCC(C)C)OCCC(C)C.CC(C)CCO[PH+](OCCC(C)C)OCCC(C)C.[Fe]. The fourth-order valence-corrected chi connectivity index (χ4v) is 11.8. The first-order chi connectivity index (χ1) is 44.6. The molecule has 0 unspecified atom stereocenters. The fraction of sp³-hybridized carbons (Fsp3) is 1.00. The summed E-state index contributed by atoms with van der Waals surface area (Å²) in [5.74, 6) is 9.92. The molecule has 21 heteroatoms. The standard InChI is InChI=1S/5C15H34O3P.Fe/c5*1-13(2)7-10-16-19(17-11-8-14(3)4)18-12-9-15(5)6;/h5*13-15,19H,7-12H2,1-6H3;/q5*+1;. The van der Waals surface area contributed by atoms with Crippen molar-refractivity contribution >= 4 is 43.0 Å². The minimum atomic E-state index is -1.53. The van der Waals surface area contributed by atoms with Crippen LogP contribution in [0.1, 0.15) is 304 Å². The van der Waals surface area contributed by atoms with Crippen LogP contribution in [0.25, 0.3) is 0 Å². The van der Waals surface area contributed by atoms with Crippen LogP contribution >= 0.6 is 43.0 Å². The Labute approximate surface area is 616 Å². The molecular weight excluding hydrogens is 1350 g/mol. The largest absolute Gasteiger partial charge is 0.397 e. The van der Waals surface area contributed by atoms with Crippen molar-refractivity contribution < 1.29 is 84.9 Å². The van der Waals surface area contributed by atoms with E-state index in [0.29, 0.717) is 88.8 Å². The van der Waals surface area contributed by atoms with E-state index >= 15 is 0 Å². The molecule has 0 bridgehead atoms. The summed E-state index contributed by atoms with van der Waals surface area (Å²) in [5.41, 5.74) is 0. The van der Waals surface area contributed by atoms with Crippen molar-refractivity contribution in [2.75, 3.05) is 99.1 Å². The molecule has 0 fully saturated rings. The topological polar surface area (TPSA) is 138 Å². The molecule has 0 aliphatic carbocycles. The molecule has 0 radical (unpaired) electrons. The van der Waals surface area contributed by atoms with Crippen LogP contribution in [-0.4, -0.2) is 99.1 Å². The third kappa shape index (κ3) is 102. The second kappa shape index (κ2) is 78.1. The Kier molecular flexibility index (Phi) is 88.7. The fourth-order valence-electron chi connectivity index (χ4n) is 6.29. The second-order valence-electron chi connectivity index (χ2n) is 31.7. The van der Waals surface area contributed by atoms with Crippen LogP contribution in [0.4, 0.5) is 0 Å². The monoisotopic (exact) mass is 1520 g/mol. The molecule has 0 aliphatic rings. The van der Waals surface area contributed by atoms with Crippen LogP contribution in [0.15, 0.2) is 0 Å². The Morgan fingerprint density at radius 2 is 0.177 bits per heavy atom. The summed E-state index contributed by atoms with van der Waals surface area (Å²) < 4.78 is 86.6. The quantitative estimate of drug-likeness (QED) is 0.0421. The van der Waals surface area contributed by atoms with E-state index in [1.165, 1.54) is 0 Å². The van der Waals surface area contributed by atoms with Gasteiger partial charge in [-0.05, 0) is 185 Å². The molecule has 0 spiro atoms. The molecule has 0 N–H and O–H groups in total. The van der Waals surface area contributed by atoms with E-state index < -0.39 is 43.0 Å². The van der Waals surface area contributed by atoms with Crippen molar-refractivity contribution in [2.45, 2.75) is 304 Å². The molecule has 0 aromatic rings. The molecular formula is C75H170FeO15P5+5. The Morgan fingerprint density at radius 1 is 0.125 bits per heavy atom. The van der Waals surface area contributed by atoms with Crippen LogP contribution in [0, 0.1) is 88.8 Å². The molecule has 0 aromatic carbocycles. The Bertz CT molecular complexity index is 1060. The average molecular weight is 1520 g/mol. The van der Waals surface area contributed by atoms with E-state index in [1.54, 1.807) is 0 Å². The van der Waals surface area contributed by atoms with Gasteiger partial charge in [-0.3, -0.25) is 0 Å². The van der Waals surface area contributed by atoms with Gasteiger partial charge in [0.2, 0.25) is 0 Å². The zero-order valence-electron chi connectivity index (χ0n) is 68.9. The van der Waals surface area contributed by atoms with Gasteiger partial charge in [-0.25, -0.2) is 0 Å². The first kappa shape index (κ1) is 109. The summed E-state index contributed by atoms with van der Waals surface area (Å²) >= 11 is 0. The zero-order valence-corrected chi connectivity index (χ0v) is 75.0. The summed E-state index contributed by atoms with van der Waals surface area (Å²) in [4.78, 5) is 0. The van der Waals surface area contributed by atoms with Crippen LogP contribution in [-0.2, 0) is 84.9 Å². The zero-order chi connectivity index (χ0) is 73.4. The van der Waals surface area contributed by atoms with Gasteiger partial charge < -0.3 is 0 Å². The van der Waals surface area contributed by atoms with Gasteiger partial charge in [0.1, 0.15) is 0 Å². The Hall–Kier alpha value is 2.07. The minimum absolute atomic E-state index is 0. The first-order valence-corrected chi connectivity index (χ1v) is 44.5. The minimum Gasteiger partial charge on any atom is -0.180 e. The molecule has 96 heavy (non-hydrogen) atoms. The maximum Gasteiger partial charge on any atom is 0.397 e. The molecule has 0 aromatic heterocycles. The smallest absolute Gasteiger partial charge is 0.180 e. The molecule has 0 aliphatic heterocycles. The molecule has 0 amide bonds. The van der Waals surface area contributed by atoms with E-state index in [0.717, 1.165) is 195 Å². The third-order valence-electron chi connectivity index (χ3n) is 13.7. The Balaban J connectivity index is -0.000000263. The van der Waals surface area contributed by atoms with Crippen LogP contribution in [0.3, 0.4) is 0 Å². The predicted octanol–water partition coefficient (Wildman–Crippen LogP) is 25.7. The molecule has 0 rings (SSSR count). The van der Waals surface area contributed by atoms with Gasteiger partial charge in [-0.2, -0.15) is 67.9 Å². The molecule has 15 nitrogen and oxygen atoms in total. The van der Waals surface area contributed by atoms with Crippen molar-refractivity contribution in [3.05, 3.63) is 0 Å². The average Bonchev–Trinajstić information content (AvgIpc) is 3.32. The van der Waals surface area contributed by atoms with Crippen molar-refractivity contribution in [2.24, 2.45) is 88.8 Å². The second-order valence-corrected chi connectivity index (χ2v) is 38.5. The molecule has 588 valence electrons. The summed E-state index contributed by atoms with van der Waals surface area (Å²) in [7, 11) is -7.66. The number of hydrogen-bond acceptors (Lipinski definition) is 15. The van der Waals surface area contributed by atoms with Gasteiger partial charge in [-0.1, -0.05) is 208 Å². The van der Waals surface area contributed by atoms with Crippen LogP contribution in [0.5, 0.6) is 0 Å². The third-order valence-corrected chi connectivity index (χ3v) is 20.3. The number of hydrogen-bond donors (Lipinski definition) is 0. The van der Waals surface area contributed by atoms with Crippen LogP contribution in [0.2, 0.25) is 0 Å². The summed E-state index contributed by atoms with van der Waals surface area (Å²) in [6.45, 7) is 77.3. The summed E-state index contributed by atoms with van der Waals surface area (Å²) in [6, 6.07) is 0. The van der Waals surface area contributed by atoms with Crippen LogP contribution < -0.4 is 0 Å². The maximum atomic E-state index is 5.77. The Morgan fingerprint density at radius 3 is 0.219 bits per heavy atom. The van der Waals surface area contributed by atoms with Crippen molar-refractivity contribution in [3.63, 3.8) is 0 Å². The van der Waals surface area contributed by atoms with Gasteiger partial charge >= 0.3 is 43.0 Å². The molecule has 0 saturated heterocycles. The molecule has 0 saturated carbocycles. The van der Waals surface area contributed by atoms with Gasteiger partial charge in [0, 0.05) is 17.1 Å².